The van der Waals surface area contributed by atoms with Crippen molar-refractivity contribution in [3.63, 3.8) is 0 Å². The van der Waals surface area contributed by atoms with Crippen molar-refractivity contribution in [3.8, 4) is 0 Å². The number of nitrogens with one attached hydrogen (secondary N) is 2. The molecule has 3 amide bonds. The predicted octanol–water partition coefficient (Wildman–Crippen LogP) is 3.74. The first-order valence-electron chi connectivity index (χ1n) is 10.2. The molecule has 1 saturated carbocycles. The Hall–Kier alpha value is -2.83. The second kappa shape index (κ2) is 8.68. The highest BCUT2D eigenvalue weighted by atomic mass is 16.5. The largest absolute Gasteiger partial charge is 0.459 e. The van der Waals surface area contributed by atoms with Crippen LogP contribution in [0.25, 0.3) is 0 Å². The number of urea groups is 1. The molecular formula is C22H29N3O4. The third-order valence-corrected chi connectivity index (χ3v) is 5.44. The lowest BCUT2D eigenvalue weighted by atomic mass is 9.85. The lowest BCUT2D eigenvalue weighted by Gasteiger charge is -2.35. The smallest absolute Gasteiger partial charge is 0.338 e. The van der Waals surface area contributed by atoms with Crippen LogP contribution >= 0.6 is 0 Å². The van der Waals surface area contributed by atoms with Gasteiger partial charge < -0.3 is 15.4 Å². The first-order chi connectivity index (χ1) is 13.8. The lowest BCUT2D eigenvalue weighted by molar-refractivity contribution is -0.143. The van der Waals surface area contributed by atoms with E-state index in [1.54, 1.807) is 26.8 Å². The first-order valence-corrected chi connectivity index (χ1v) is 10.2. The molecule has 2 N–H and O–H groups in total. The molecule has 7 heteroatoms. The van der Waals surface area contributed by atoms with Crippen molar-refractivity contribution in [2.75, 3.05) is 11.9 Å². The standard InChI is InChI=1S/C22H29N3O4/c1-5-25-14(4)18(21(27)29-13(2)3)19(24-22(25)28)16-10-7-11-17(12-16)23-20(26)15-8-6-9-15/h7,10-13,15,19H,5-6,8-9H2,1-4H3,(H,23,26)(H,24,28)/t19-/m1/s1. The molecule has 0 saturated heterocycles. The van der Waals surface area contributed by atoms with Gasteiger partial charge in [0.1, 0.15) is 0 Å². The van der Waals surface area contributed by atoms with Gasteiger partial charge in [-0.25, -0.2) is 9.59 Å². The third kappa shape index (κ3) is 4.44. The number of hydrogen-bond acceptors (Lipinski definition) is 4. The van der Waals surface area contributed by atoms with Crippen molar-refractivity contribution >= 4 is 23.6 Å². The number of benzene rings is 1. The van der Waals surface area contributed by atoms with E-state index in [1.165, 1.54) is 4.90 Å². The summed E-state index contributed by atoms with van der Waals surface area (Å²) in [5.41, 5.74) is 2.36. The number of amides is 3. The minimum Gasteiger partial charge on any atom is -0.459 e. The van der Waals surface area contributed by atoms with E-state index < -0.39 is 12.0 Å². The van der Waals surface area contributed by atoms with Gasteiger partial charge in [0.25, 0.3) is 0 Å². The summed E-state index contributed by atoms with van der Waals surface area (Å²) >= 11 is 0. The van der Waals surface area contributed by atoms with Gasteiger partial charge in [0.2, 0.25) is 5.91 Å². The maximum absolute atomic E-state index is 12.8. The zero-order valence-corrected chi connectivity index (χ0v) is 17.5. The van der Waals surface area contributed by atoms with Crippen LogP contribution < -0.4 is 10.6 Å². The van der Waals surface area contributed by atoms with Crippen LogP contribution in [0.3, 0.4) is 0 Å². The van der Waals surface area contributed by atoms with Crippen molar-refractivity contribution in [2.45, 2.75) is 59.1 Å². The molecule has 0 unspecified atom stereocenters. The minimum absolute atomic E-state index is 0.0180. The van der Waals surface area contributed by atoms with Gasteiger partial charge in [0, 0.05) is 23.8 Å². The molecule has 7 nitrogen and oxygen atoms in total. The molecule has 0 radical (unpaired) electrons. The molecule has 1 heterocycles. The highest BCUT2D eigenvalue weighted by Crippen LogP contribution is 2.33. The normalized spacial score (nSPS) is 19.7. The fourth-order valence-electron chi connectivity index (χ4n) is 3.66. The average molecular weight is 399 g/mol. The Bertz CT molecular complexity index is 842. The van der Waals surface area contributed by atoms with Gasteiger partial charge in [-0.15, -0.1) is 0 Å². The lowest BCUT2D eigenvalue weighted by Crippen LogP contribution is -2.48. The molecule has 1 fully saturated rings. The Morgan fingerprint density at radius 2 is 2.03 bits per heavy atom. The quantitative estimate of drug-likeness (QED) is 0.714. The van der Waals surface area contributed by atoms with E-state index in [0.29, 0.717) is 23.5 Å². The van der Waals surface area contributed by atoms with Crippen molar-refractivity contribution in [1.82, 2.24) is 10.2 Å². The number of hydrogen-bond donors (Lipinski definition) is 2. The van der Waals surface area contributed by atoms with Crippen LogP contribution in [0.1, 0.15) is 58.6 Å². The maximum atomic E-state index is 12.8. The Labute approximate surface area is 171 Å². The van der Waals surface area contributed by atoms with E-state index in [4.69, 9.17) is 4.74 Å². The molecule has 1 aromatic carbocycles. The average Bonchev–Trinajstić information content (AvgIpc) is 2.59. The number of anilines is 1. The van der Waals surface area contributed by atoms with E-state index in [0.717, 1.165) is 24.8 Å². The minimum atomic E-state index is -0.642. The van der Waals surface area contributed by atoms with E-state index in [1.807, 2.05) is 25.1 Å². The predicted molar refractivity (Wildman–Crippen MR) is 110 cm³/mol. The van der Waals surface area contributed by atoms with Crippen molar-refractivity contribution in [1.29, 1.82) is 0 Å². The van der Waals surface area contributed by atoms with Crippen LogP contribution in [0.5, 0.6) is 0 Å². The van der Waals surface area contributed by atoms with E-state index >= 15 is 0 Å². The first kappa shape index (κ1) is 20.9. The topological polar surface area (TPSA) is 87.7 Å². The molecule has 29 heavy (non-hydrogen) atoms. The van der Waals surface area contributed by atoms with Gasteiger partial charge in [0.05, 0.1) is 17.7 Å². The van der Waals surface area contributed by atoms with Crippen LogP contribution in [-0.4, -0.2) is 35.5 Å². The Morgan fingerprint density at radius 3 is 2.62 bits per heavy atom. The monoisotopic (exact) mass is 399 g/mol. The molecule has 0 aromatic heterocycles. The van der Waals surface area contributed by atoms with E-state index in [2.05, 4.69) is 10.6 Å². The molecule has 156 valence electrons. The van der Waals surface area contributed by atoms with Crippen LogP contribution in [0.15, 0.2) is 35.5 Å². The summed E-state index contributed by atoms with van der Waals surface area (Å²) in [5, 5.41) is 5.86. The van der Waals surface area contributed by atoms with Gasteiger partial charge in [-0.2, -0.15) is 0 Å². The summed E-state index contributed by atoms with van der Waals surface area (Å²) in [6, 6.07) is 6.36. The molecule has 1 aromatic rings. The molecule has 0 bridgehead atoms. The van der Waals surface area contributed by atoms with Crippen molar-refractivity contribution < 1.29 is 19.1 Å². The second-order valence-electron chi connectivity index (χ2n) is 7.82. The van der Waals surface area contributed by atoms with Gasteiger partial charge in [0.15, 0.2) is 0 Å². The fraction of sp³-hybridized carbons (Fsp3) is 0.500. The third-order valence-electron chi connectivity index (χ3n) is 5.44. The summed E-state index contributed by atoms with van der Waals surface area (Å²) in [4.78, 5) is 39.2. The molecule has 1 aliphatic carbocycles. The fourth-order valence-corrected chi connectivity index (χ4v) is 3.66. The summed E-state index contributed by atoms with van der Waals surface area (Å²) in [5.74, 6) is -0.362. The van der Waals surface area contributed by atoms with Crippen LogP contribution in [-0.2, 0) is 14.3 Å². The second-order valence-corrected chi connectivity index (χ2v) is 7.82. The van der Waals surface area contributed by atoms with Crippen LogP contribution in [0.2, 0.25) is 0 Å². The summed E-state index contributed by atoms with van der Waals surface area (Å²) < 4.78 is 5.44. The molecule has 3 rings (SSSR count). The molecule has 1 aliphatic heterocycles. The number of nitrogens with zero attached hydrogens (tertiary/aromatic N) is 1. The van der Waals surface area contributed by atoms with Gasteiger partial charge in [-0.05, 0) is 58.2 Å². The Morgan fingerprint density at radius 1 is 1.31 bits per heavy atom. The van der Waals surface area contributed by atoms with Gasteiger partial charge in [-0.3, -0.25) is 9.69 Å². The molecule has 2 aliphatic rings. The zero-order valence-electron chi connectivity index (χ0n) is 17.5. The van der Waals surface area contributed by atoms with Crippen molar-refractivity contribution in [2.24, 2.45) is 5.92 Å². The SMILES string of the molecule is CCN1C(=O)N[C@H](c2cccc(NC(=O)C3CCC3)c2)C(C(=O)OC(C)C)=C1C. The number of esters is 1. The Balaban J connectivity index is 1.93. The van der Waals surface area contributed by atoms with E-state index in [-0.39, 0.29) is 24.0 Å². The van der Waals surface area contributed by atoms with Crippen molar-refractivity contribution in [3.05, 3.63) is 41.1 Å². The number of ether oxygens (including phenoxy) is 1. The highest BCUT2D eigenvalue weighted by Gasteiger charge is 2.36. The van der Waals surface area contributed by atoms with Gasteiger partial charge >= 0.3 is 12.0 Å². The summed E-state index contributed by atoms with van der Waals surface area (Å²) in [7, 11) is 0. The number of carbonyl (C=O) groups is 3. The Kier molecular flexibility index (Phi) is 6.25. The van der Waals surface area contributed by atoms with Crippen LogP contribution in [0, 0.1) is 5.92 Å². The summed E-state index contributed by atoms with van der Waals surface area (Å²) in [6.45, 7) is 7.64. The summed E-state index contributed by atoms with van der Waals surface area (Å²) in [6.07, 6.45) is 2.66. The zero-order chi connectivity index (χ0) is 21.1. The highest BCUT2D eigenvalue weighted by molar-refractivity contribution is 5.96. The van der Waals surface area contributed by atoms with Gasteiger partial charge in [-0.1, -0.05) is 18.6 Å². The molecular weight excluding hydrogens is 370 g/mol. The molecule has 0 spiro atoms. The number of allylic oxidation sites excluding steroid dienone is 1. The van der Waals surface area contributed by atoms with E-state index in [9.17, 15) is 14.4 Å². The van der Waals surface area contributed by atoms with Crippen LogP contribution in [0.4, 0.5) is 10.5 Å². The maximum Gasteiger partial charge on any atom is 0.338 e. The number of rotatable bonds is 6. The number of carbonyl (C=O) groups excluding carboxylic acids is 3. The molecule has 1 atom stereocenters.